The molecule has 0 unspecified atom stereocenters. The van der Waals surface area contributed by atoms with Crippen molar-refractivity contribution >= 4 is 5.91 Å². The number of carbonyl (C=O) groups excluding carboxylic acids is 1. The Balaban J connectivity index is 1.91. The second-order valence-electron chi connectivity index (χ2n) is 5.49. The van der Waals surface area contributed by atoms with Crippen LogP contribution in [0.15, 0.2) is 24.3 Å². The molecule has 2 rings (SSSR count). The van der Waals surface area contributed by atoms with Crippen LogP contribution >= 0.6 is 0 Å². The highest BCUT2D eigenvalue weighted by Gasteiger charge is 2.31. The van der Waals surface area contributed by atoms with E-state index in [0.29, 0.717) is 24.5 Å². The van der Waals surface area contributed by atoms with Crippen LogP contribution < -0.4 is 10.1 Å². The van der Waals surface area contributed by atoms with E-state index in [1.165, 1.54) is 0 Å². The van der Waals surface area contributed by atoms with E-state index < -0.39 is 5.60 Å². The van der Waals surface area contributed by atoms with Gasteiger partial charge in [0.2, 0.25) is 0 Å². The third-order valence-electron chi connectivity index (χ3n) is 3.68. The molecule has 1 amide bonds. The Bertz CT molecular complexity index is 453. The summed E-state index contributed by atoms with van der Waals surface area (Å²) < 4.78 is 5.51. The SMILES string of the molecule is CCCOc1cccc(C(=O)NCC2(O)CCCC2)c1. The number of benzene rings is 1. The molecule has 1 aromatic carbocycles. The van der Waals surface area contributed by atoms with Crippen LogP contribution in [-0.2, 0) is 0 Å². The molecule has 1 aliphatic carbocycles. The number of aliphatic hydroxyl groups is 1. The van der Waals surface area contributed by atoms with Gasteiger partial charge in [0.25, 0.3) is 5.91 Å². The van der Waals surface area contributed by atoms with E-state index >= 15 is 0 Å². The number of hydrogen-bond acceptors (Lipinski definition) is 3. The lowest BCUT2D eigenvalue weighted by Crippen LogP contribution is -2.40. The summed E-state index contributed by atoms with van der Waals surface area (Å²) in [6.07, 6.45) is 4.54. The van der Waals surface area contributed by atoms with Crippen molar-refractivity contribution in [1.82, 2.24) is 5.32 Å². The molecule has 0 spiro atoms. The first-order valence-corrected chi connectivity index (χ1v) is 7.36. The first-order valence-electron chi connectivity index (χ1n) is 7.36. The zero-order valence-electron chi connectivity index (χ0n) is 12.0. The molecule has 1 aromatic rings. The minimum absolute atomic E-state index is 0.160. The quantitative estimate of drug-likeness (QED) is 0.840. The summed E-state index contributed by atoms with van der Waals surface area (Å²) >= 11 is 0. The standard InChI is InChI=1S/C16H23NO3/c1-2-10-20-14-7-5-6-13(11-14)15(18)17-12-16(19)8-3-4-9-16/h5-7,11,19H,2-4,8-10,12H2,1H3,(H,17,18). The molecule has 20 heavy (non-hydrogen) atoms. The molecule has 1 saturated carbocycles. The maximum atomic E-state index is 12.1. The lowest BCUT2D eigenvalue weighted by molar-refractivity contribution is 0.0449. The fraction of sp³-hybridized carbons (Fsp3) is 0.562. The Hall–Kier alpha value is -1.55. The predicted molar refractivity (Wildman–Crippen MR) is 78.0 cm³/mol. The van der Waals surface area contributed by atoms with Gasteiger partial charge in [-0.25, -0.2) is 0 Å². The van der Waals surface area contributed by atoms with E-state index in [2.05, 4.69) is 5.32 Å². The van der Waals surface area contributed by atoms with Crippen LogP contribution in [0.1, 0.15) is 49.4 Å². The van der Waals surface area contributed by atoms with Crippen molar-refractivity contribution in [3.63, 3.8) is 0 Å². The van der Waals surface area contributed by atoms with Crippen LogP contribution in [-0.4, -0.2) is 29.8 Å². The highest BCUT2D eigenvalue weighted by Crippen LogP contribution is 2.28. The van der Waals surface area contributed by atoms with E-state index in [0.717, 1.165) is 32.1 Å². The maximum absolute atomic E-state index is 12.1. The fourth-order valence-corrected chi connectivity index (χ4v) is 2.50. The second-order valence-corrected chi connectivity index (χ2v) is 5.49. The lowest BCUT2D eigenvalue weighted by Gasteiger charge is -2.22. The molecule has 0 aromatic heterocycles. The van der Waals surface area contributed by atoms with E-state index in [9.17, 15) is 9.90 Å². The first-order chi connectivity index (χ1) is 9.63. The molecule has 1 fully saturated rings. The summed E-state index contributed by atoms with van der Waals surface area (Å²) in [6.45, 7) is 3.01. The number of hydrogen-bond donors (Lipinski definition) is 2. The van der Waals surface area contributed by atoms with Crippen LogP contribution in [0, 0.1) is 0 Å². The Morgan fingerprint density at radius 3 is 2.85 bits per heavy atom. The van der Waals surface area contributed by atoms with Gasteiger partial charge in [-0.1, -0.05) is 25.8 Å². The van der Waals surface area contributed by atoms with Gasteiger partial charge in [-0.15, -0.1) is 0 Å². The average Bonchev–Trinajstić information content (AvgIpc) is 2.90. The van der Waals surface area contributed by atoms with Crippen LogP contribution in [0.25, 0.3) is 0 Å². The predicted octanol–water partition coefficient (Wildman–Crippen LogP) is 2.51. The van der Waals surface area contributed by atoms with Crippen molar-refractivity contribution < 1.29 is 14.6 Å². The van der Waals surface area contributed by atoms with E-state index in [4.69, 9.17) is 4.74 Å². The zero-order valence-corrected chi connectivity index (χ0v) is 12.0. The Labute approximate surface area is 120 Å². The third kappa shape index (κ3) is 3.97. The van der Waals surface area contributed by atoms with Crippen molar-refractivity contribution in [3.8, 4) is 5.75 Å². The highest BCUT2D eigenvalue weighted by molar-refractivity contribution is 5.94. The molecule has 2 N–H and O–H groups in total. The van der Waals surface area contributed by atoms with Gasteiger partial charge in [0.1, 0.15) is 5.75 Å². The van der Waals surface area contributed by atoms with Crippen molar-refractivity contribution in [1.29, 1.82) is 0 Å². The third-order valence-corrected chi connectivity index (χ3v) is 3.68. The summed E-state index contributed by atoms with van der Waals surface area (Å²) in [7, 11) is 0. The van der Waals surface area contributed by atoms with Gasteiger partial charge in [0, 0.05) is 12.1 Å². The number of carbonyl (C=O) groups is 1. The summed E-state index contributed by atoms with van der Waals surface area (Å²) in [5.41, 5.74) is -0.147. The molecule has 4 nitrogen and oxygen atoms in total. The molecular weight excluding hydrogens is 254 g/mol. The van der Waals surface area contributed by atoms with Crippen molar-refractivity contribution in [2.45, 2.75) is 44.6 Å². The number of amides is 1. The number of ether oxygens (including phenoxy) is 1. The van der Waals surface area contributed by atoms with Gasteiger partial charge >= 0.3 is 0 Å². The summed E-state index contributed by atoms with van der Waals surface area (Å²) in [5, 5.41) is 13.0. The van der Waals surface area contributed by atoms with Crippen LogP contribution in [0.4, 0.5) is 0 Å². The van der Waals surface area contributed by atoms with Gasteiger partial charge in [-0.3, -0.25) is 4.79 Å². The molecule has 0 saturated heterocycles. The van der Waals surface area contributed by atoms with Gasteiger partial charge < -0.3 is 15.2 Å². The topological polar surface area (TPSA) is 58.6 Å². The van der Waals surface area contributed by atoms with E-state index in [-0.39, 0.29) is 5.91 Å². The molecule has 4 heteroatoms. The summed E-state index contributed by atoms with van der Waals surface area (Å²) in [5.74, 6) is 0.548. The molecule has 110 valence electrons. The number of nitrogens with one attached hydrogen (secondary N) is 1. The molecule has 0 heterocycles. The van der Waals surface area contributed by atoms with Gasteiger partial charge in [0.15, 0.2) is 0 Å². The Morgan fingerprint density at radius 2 is 2.15 bits per heavy atom. The molecule has 0 bridgehead atoms. The zero-order chi connectivity index (χ0) is 14.4. The number of rotatable bonds is 6. The van der Waals surface area contributed by atoms with Crippen LogP contribution in [0.3, 0.4) is 0 Å². The minimum Gasteiger partial charge on any atom is -0.494 e. The van der Waals surface area contributed by atoms with Crippen molar-refractivity contribution in [2.75, 3.05) is 13.2 Å². The molecule has 1 aliphatic rings. The largest absolute Gasteiger partial charge is 0.494 e. The van der Waals surface area contributed by atoms with Gasteiger partial charge in [-0.2, -0.15) is 0 Å². The minimum atomic E-state index is -0.716. The van der Waals surface area contributed by atoms with E-state index in [1.807, 2.05) is 19.1 Å². The summed E-state index contributed by atoms with van der Waals surface area (Å²) in [4.78, 5) is 12.1. The normalized spacial score (nSPS) is 16.9. The maximum Gasteiger partial charge on any atom is 0.251 e. The van der Waals surface area contributed by atoms with Crippen LogP contribution in [0.2, 0.25) is 0 Å². The fourth-order valence-electron chi connectivity index (χ4n) is 2.50. The first kappa shape index (κ1) is 14.9. The Kier molecular flexibility index (Phi) is 5.01. The van der Waals surface area contributed by atoms with Crippen molar-refractivity contribution in [2.24, 2.45) is 0 Å². The monoisotopic (exact) mass is 277 g/mol. The summed E-state index contributed by atoms with van der Waals surface area (Å²) in [6, 6.07) is 7.15. The highest BCUT2D eigenvalue weighted by atomic mass is 16.5. The second kappa shape index (κ2) is 6.75. The smallest absolute Gasteiger partial charge is 0.251 e. The van der Waals surface area contributed by atoms with Gasteiger partial charge in [-0.05, 0) is 37.5 Å². The average molecular weight is 277 g/mol. The molecule has 0 aliphatic heterocycles. The van der Waals surface area contributed by atoms with E-state index in [1.54, 1.807) is 12.1 Å². The Morgan fingerprint density at radius 1 is 1.40 bits per heavy atom. The van der Waals surface area contributed by atoms with Crippen LogP contribution in [0.5, 0.6) is 5.75 Å². The molecular formula is C16H23NO3. The van der Waals surface area contributed by atoms with Crippen molar-refractivity contribution in [3.05, 3.63) is 29.8 Å². The molecule has 0 radical (unpaired) electrons. The lowest BCUT2D eigenvalue weighted by atomic mass is 10.0. The molecule has 0 atom stereocenters. The van der Waals surface area contributed by atoms with Gasteiger partial charge in [0.05, 0.1) is 12.2 Å².